The SMILES string of the molecule is C=CCc1cc(NC(C)=O)ccc1OCCNC(=O)OC(C)(C)C. The molecule has 132 valence electrons. The minimum atomic E-state index is -0.526. The molecule has 1 aromatic rings. The lowest BCUT2D eigenvalue weighted by atomic mass is 10.1. The van der Waals surface area contributed by atoms with Crippen LogP contribution in [0.2, 0.25) is 0 Å². The highest BCUT2D eigenvalue weighted by molar-refractivity contribution is 5.88. The first-order valence-electron chi connectivity index (χ1n) is 7.82. The summed E-state index contributed by atoms with van der Waals surface area (Å²) in [5, 5.41) is 5.37. The summed E-state index contributed by atoms with van der Waals surface area (Å²) < 4.78 is 10.8. The molecule has 0 aliphatic heterocycles. The number of anilines is 1. The third-order valence-corrected chi connectivity index (χ3v) is 2.77. The van der Waals surface area contributed by atoms with Gasteiger partial charge in [0.05, 0.1) is 6.54 Å². The van der Waals surface area contributed by atoms with E-state index in [1.165, 1.54) is 6.92 Å². The van der Waals surface area contributed by atoms with Gasteiger partial charge in [-0.25, -0.2) is 4.79 Å². The van der Waals surface area contributed by atoms with Crippen LogP contribution in [0.1, 0.15) is 33.3 Å². The summed E-state index contributed by atoms with van der Waals surface area (Å²) >= 11 is 0. The molecular formula is C18H26N2O4. The van der Waals surface area contributed by atoms with Crippen LogP contribution in [0.25, 0.3) is 0 Å². The molecular weight excluding hydrogens is 308 g/mol. The van der Waals surface area contributed by atoms with Crippen molar-refractivity contribution >= 4 is 17.7 Å². The molecule has 0 aliphatic carbocycles. The van der Waals surface area contributed by atoms with Gasteiger partial charge in [0, 0.05) is 12.6 Å². The summed E-state index contributed by atoms with van der Waals surface area (Å²) in [6.07, 6.45) is 1.90. The zero-order valence-electron chi connectivity index (χ0n) is 14.8. The van der Waals surface area contributed by atoms with Gasteiger partial charge in [0.2, 0.25) is 5.91 Å². The largest absolute Gasteiger partial charge is 0.491 e. The summed E-state index contributed by atoms with van der Waals surface area (Å²) in [6.45, 7) is 11.2. The topological polar surface area (TPSA) is 76.7 Å². The Labute approximate surface area is 143 Å². The monoisotopic (exact) mass is 334 g/mol. The lowest BCUT2D eigenvalue weighted by Crippen LogP contribution is -2.34. The number of rotatable bonds is 7. The lowest BCUT2D eigenvalue weighted by molar-refractivity contribution is -0.114. The summed E-state index contributed by atoms with van der Waals surface area (Å²) in [6, 6.07) is 5.40. The molecule has 0 aliphatic rings. The van der Waals surface area contributed by atoms with E-state index in [0.29, 0.717) is 31.0 Å². The van der Waals surface area contributed by atoms with Crippen molar-refractivity contribution in [2.45, 2.75) is 39.7 Å². The first-order chi connectivity index (χ1) is 11.2. The van der Waals surface area contributed by atoms with Crippen LogP contribution < -0.4 is 15.4 Å². The molecule has 6 nitrogen and oxygen atoms in total. The van der Waals surface area contributed by atoms with Crippen LogP contribution >= 0.6 is 0 Å². The molecule has 0 saturated heterocycles. The van der Waals surface area contributed by atoms with E-state index in [4.69, 9.17) is 9.47 Å². The minimum absolute atomic E-state index is 0.130. The number of allylic oxidation sites excluding steroid dienone is 1. The molecule has 24 heavy (non-hydrogen) atoms. The van der Waals surface area contributed by atoms with Crippen molar-refractivity contribution in [1.82, 2.24) is 5.32 Å². The average molecular weight is 334 g/mol. The lowest BCUT2D eigenvalue weighted by Gasteiger charge is -2.19. The van der Waals surface area contributed by atoms with Crippen molar-refractivity contribution in [2.24, 2.45) is 0 Å². The second-order valence-electron chi connectivity index (χ2n) is 6.27. The zero-order chi connectivity index (χ0) is 18.2. The molecule has 0 fully saturated rings. The molecule has 0 radical (unpaired) electrons. The van der Waals surface area contributed by atoms with E-state index in [0.717, 1.165) is 5.56 Å². The number of ether oxygens (including phenoxy) is 2. The maximum Gasteiger partial charge on any atom is 0.407 e. The average Bonchev–Trinajstić information content (AvgIpc) is 2.43. The van der Waals surface area contributed by atoms with Crippen molar-refractivity contribution < 1.29 is 19.1 Å². The van der Waals surface area contributed by atoms with Gasteiger partial charge in [-0.15, -0.1) is 6.58 Å². The van der Waals surface area contributed by atoms with Crippen molar-refractivity contribution in [3.8, 4) is 5.75 Å². The molecule has 2 N–H and O–H groups in total. The normalized spacial score (nSPS) is 10.7. The van der Waals surface area contributed by atoms with Crippen molar-refractivity contribution in [2.75, 3.05) is 18.5 Å². The molecule has 0 heterocycles. The fourth-order valence-corrected chi connectivity index (χ4v) is 1.94. The van der Waals surface area contributed by atoms with Gasteiger partial charge in [0.1, 0.15) is 18.0 Å². The number of carbonyl (C=O) groups is 2. The predicted octanol–water partition coefficient (Wildman–Crippen LogP) is 3.28. The Hall–Kier alpha value is -2.50. The maximum atomic E-state index is 11.5. The second-order valence-corrected chi connectivity index (χ2v) is 6.27. The van der Waals surface area contributed by atoms with Crippen molar-refractivity contribution in [3.63, 3.8) is 0 Å². The van der Waals surface area contributed by atoms with Gasteiger partial charge in [-0.3, -0.25) is 4.79 Å². The van der Waals surface area contributed by atoms with Crippen LogP contribution in [0.5, 0.6) is 5.75 Å². The quantitative estimate of drug-likeness (QED) is 0.593. The van der Waals surface area contributed by atoms with Crippen molar-refractivity contribution in [3.05, 3.63) is 36.4 Å². The zero-order valence-corrected chi connectivity index (χ0v) is 14.8. The molecule has 6 heteroatoms. The van der Waals surface area contributed by atoms with Gasteiger partial charge in [-0.1, -0.05) is 6.08 Å². The number of carbonyl (C=O) groups excluding carboxylic acids is 2. The van der Waals surface area contributed by atoms with Gasteiger partial charge in [-0.2, -0.15) is 0 Å². The fourth-order valence-electron chi connectivity index (χ4n) is 1.94. The minimum Gasteiger partial charge on any atom is -0.491 e. The summed E-state index contributed by atoms with van der Waals surface area (Å²) in [5.41, 5.74) is 1.09. The molecule has 0 bridgehead atoms. The third-order valence-electron chi connectivity index (χ3n) is 2.77. The highest BCUT2D eigenvalue weighted by atomic mass is 16.6. The van der Waals surface area contributed by atoms with E-state index in [1.807, 2.05) is 6.07 Å². The Morgan fingerprint density at radius 3 is 2.58 bits per heavy atom. The van der Waals surface area contributed by atoms with E-state index < -0.39 is 11.7 Å². The van der Waals surface area contributed by atoms with Crippen LogP contribution in [-0.2, 0) is 16.0 Å². The van der Waals surface area contributed by atoms with Crippen LogP contribution in [0, 0.1) is 0 Å². The number of hydrogen-bond donors (Lipinski definition) is 2. The van der Waals surface area contributed by atoms with Gasteiger partial charge in [0.25, 0.3) is 0 Å². The molecule has 1 rings (SSSR count). The van der Waals surface area contributed by atoms with Gasteiger partial charge >= 0.3 is 6.09 Å². The van der Waals surface area contributed by atoms with Gasteiger partial charge < -0.3 is 20.1 Å². The number of benzene rings is 1. The van der Waals surface area contributed by atoms with E-state index in [1.54, 1.807) is 39.0 Å². The standard InChI is InChI=1S/C18H26N2O4/c1-6-7-14-12-15(20-13(2)21)8-9-16(14)23-11-10-19-17(22)24-18(3,4)5/h6,8-9,12H,1,7,10-11H2,2-5H3,(H,19,22)(H,20,21). The molecule has 0 saturated carbocycles. The van der Waals surface area contributed by atoms with E-state index in [2.05, 4.69) is 17.2 Å². The Morgan fingerprint density at radius 1 is 1.29 bits per heavy atom. The molecule has 0 atom stereocenters. The maximum absolute atomic E-state index is 11.5. The smallest absolute Gasteiger partial charge is 0.407 e. The molecule has 2 amide bonds. The van der Waals surface area contributed by atoms with Crippen LogP contribution in [0.3, 0.4) is 0 Å². The highest BCUT2D eigenvalue weighted by Gasteiger charge is 2.15. The first-order valence-corrected chi connectivity index (χ1v) is 7.82. The van der Waals surface area contributed by atoms with Crippen LogP contribution in [-0.4, -0.2) is 30.8 Å². The number of nitrogens with one attached hydrogen (secondary N) is 2. The van der Waals surface area contributed by atoms with E-state index in [9.17, 15) is 9.59 Å². The second kappa shape index (κ2) is 8.96. The Morgan fingerprint density at radius 2 is 2.00 bits per heavy atom. The number of amides is 2. The summed E-state index contributed by atoms with van der Waals surface area (Å²) in [4.78, 5) is 22.7. The van der Waals surface area contributed by atoms with E-state index in [-0.39, 0.29) is 5.91 Å². The van der Waals surface area contributed by atoms with Crippen LogP contribution in [0.4, 0.5) is 10.5 Å². The fraction of sp³-hybridized carbons (Fsp3) is 0.444. The summed E-state index contributed by atoms with van der Waals surface area (Å²) in [7, 11) is 0. The summed E-state index contributed by atoms with van der Waals surface area (Å²) in [5.74, 6) is 0.560. The number of alkyl carbamates (subject to hydrolysis) is 1. The van der Waals surface area contributed by atoms with Crippen molar-refractivity contribution in [1.29, 1.82) is 0 Å². The Kier molecular flexibility index (Phi) is 7.30. The Balaban J connectivity index is 2.56. The van der Waals surface area contributed by atoms with Crippen LogP contribution in [0.15, 0.2) is 30.9 Å². The molecule has 0 aromatic heterocycles. The highest BCUT2D eigenvalue weighted by Crippen LogP contribution is 2.23. The number of hydrogen-bond acceptors (Lipinski definition) is 4. The molecule has 0 unspecified atom stereocenters. The third kappa shape index (κ3) is 7.67. The van der Waals surface area contributed by atoms with E-state index >= 15 is 0 Å². The van der Waals surface area contributed by atoms with Gasteiger partial charge in [-0.05, 0) is 51.0 Å². The molecule has 0 spiro atoms. The van der Waals surface area contributed by atoms with Gasteiger partial charge in [0.15, 0.2) is 0 Å². The molecule has 1 aromatic carbocycles. The first kappa shape index (κ1) is 19.5. The Bertz CT molecular complexity index is 591. The predicted molar refractivity (Wildman–Crippen MR) is 94.4 cm³/mol.